The Bertz CT molecular complexity index is 257. The van der Waals surface area contributed by atoms with Crippen molar-refractivity contribution in [1.82, 2.24) is 0 Å². The normalized spacial score (nSPS) is 30.4. The molecule has 0 heterocycles. The lowest BCUT2D eigenvalue weighted by Gasteiger charge is -2.05. The van der Waals surface area contributed by atoms with E-state index in [2.05, 4.69) is 36.4 Å². The number of hydrogen-bond acceptors (Lipinski definition) is 1. The number of halogens is 1. The molecule has 1 nitrogen and oxygen atoms in total. The summed E-state index contributed by atoms with van der Waals surface area (Å²) in [6, 6.07) is 0. The van der Waals surface area contributed by atoms with Gasteiger partial charge >= 0.3 is 0 Å². The van der Waals surface area contributed by atoms with Gasteiger partial charge in [-0.2, -0.15) is 0 Å². The van der Waals surface area contributed by atoms with Crippen molar-refractivity contribution in [3.63, 3.8) is 0 Å². The van der Waals surface area contributed by atoms with Crippen molar-refractivity contribution in [2.24, 2.45) is 22.7 Å². The average Bonchev–Trinajstić information content (AvgIpc) is 3.13. The van der Waals surface area contributed by atoms with Crippen molar-refractivity contribution in [3.8, 4) is 0 Å². The molecule has 16 heavy (non-hydrogen) atoms. The second-order valence-electron chi connectivity index (χ2n) is 5.76. The van der Waals surface area contributed by atoms with Crippen LogP contribution in [0.1, 0.15) is 52.4 Å². The molecular weight excluding hydrogens is 309 g/mol. The Morgan fingerprint density at radius 2 is 2.12 bits per heavy atom. The minimum absolute atomic E-state index is 0.794. The van der Waals surface area contributed by atoms with Crippen LogP contribution in [0, 0.1) is 17.8 Å². The smallest absolute Gasteiger partial charge is 0.0506 e. The Kier molecular flexibility index (Phi) is 4.68. The monoisotopic (exact) mass is 333 g/mol. The molecule has 3 unspecified atom stereocenters. The van der Waals surface area contributed by atoms with Crippen LogP contribution < -0.4 is 0 Å². The van der Waals surface area contributed by atoms with Gasteiger partial charge in [-0.1, -0.05) is 55.7 Å². The van der Waals surface area contributed by atoms with Gasteiger partial charge < -0.3 is 0 Å². The predicted octanol–water partition coefficient (Wildman–Crippen LogP) is 4.49. The SMILES string of the molecule is CCC(C)CC1CC1=NCC(I)CC1CC1. The highest BCUT2D eigenvalue weighted by molar-refractivity contribution is 14.1. The summed E-state index contributed by atoms with van der Waals surface area (Å²) in [5.41, 5.74) is 1.53. The molecule has 0 N–H and O–H groups in total. The summed E-state index contributed by atoms with van der Waals surface area (Å²) >= 11 is 2.59. The first-order valence-electron chi connectivity index (χ1n) is 6.86. The summed E-state index contributed by atoms with van der Waals surface area (Å²) in [6.07, 6.45) is 8.37. The number of hydrogen-bond donors (Lipinski definition) is 0. The quantitative estimate of drug-likeness (QED) is 0.481. The van der Waals surface area contributed by atoms with Crippen molar-refractivity contribution < 1.29 is 0 Å². The minimum atomic E-state index is 0.794. The summed E-state index contributed by atoms with van der Waals surface area (Å²) < 4.78 is 0.794. The second kappa shape index (κ2) is 5.83. The maximum Gasteiger partial charge on any atom is 0.0506 e. The molecule has 2 aliphatic carbocycles. The number of nitrogens with zero attached hydrogens (tertiary/aromatic N) is 1. The molecule has 2 aliphatic rings. The Balaban J connectivity index is 1.61. The number of aliphatic imine (C=N–C) groups is 1. The molecule has 0 amide bonds. The third-order valence-corrected chi connectivity index (χ3v) is 4.83. The van der Waals surface area contributed by atoms with E-state index in [9.17, 15) is 0 Å². The zero-order valence-electron chi connectivity index (χ0n) is 10.6. The third kappa shape index (κ3) is 4.34. The molecule has 2 saturated carbocycles. The van der Waals surface area contributed by atoms with E-state index in [0.29, 0.717) is 0 Å². The average molecular weight is 333 g/mol. The van der Waals surface area contributed by atoms with E-state index in [1.165, 1.54) is 44.2 Å². The summed E-state index contributed by atoms with van der Waals surface area (Å²) in [4.78, 5) is 4.79. The highest BCUT2D eigenvalue weighted by Gasteiger charge is 2.32. The van der Waals surface area contributed by atoms with Crippen LogP contribution in [0.15, 0.2) is 4.99 Å². The van der Waals surface area contributed by atoms with E-state index in [1.807, 2.05) is 0 Å². The van der Waals surface area contributed by atoms with Gasteiger partial charge in [-0.3, -0.25) is 4.99 Å². The minimum Gasteiger partial charge on any atom is -0.293 e. The van der Waals surface area contributed by atoms with Crippen LogP contribution in [0.4, 0.5) is 0 Å². The van der Waals surface area contributed by atoms with Gasteiger partial charge in [0.25, 0.3) is 0 Å². The van der Waals surface area contributed by atoms with Gasteiger partial charge in [0.2, 0.25) is 0 Å². The molecule has 0 aromatic rings. The molecule has 0 saturated heterocycles. The zero-order valence-corrected chi connectivity index (χ0v) is 12.7. The molecule has 0 aromatic carbocycles. The predicted molar refractivity (Wildman–Crippen MR) is 79.6 cm³/mol. The highest BCUT2D eigenvalue weighted by atomic mass is 127. The fourth-order valence-corrected chi connectivity index (χ4v) is 3.18. The topological polar surface area (TPSA) is 12.4 Å². The van der Waals surface area contributed by atoms with Gasteiger partial charge in [-0.05, 0) is 31.1 Å². The first kappa shape index (κ1) is 12.8. The third-order valence-electron chi connectivity index (χ3n) is 3.93. The molecule has 3 atom stereocenters. The van der Waals surface area contributed by atoms with E-state index in [-0.39, 0.29) is 0 Å². The summed E-state index contributed by atoms with van der Waals surface area (Å²) in [7, 11) is 0. The van der Waals surface area contributed by atoms with Crippen LogP contribution in [0.25, 0.3) is 0 Å². The van der Waals surface area contributed by atoms with Crippen molar-refractivity contribution in [2.45, 2.75) is 56.3 Å². The Morgan fingerprint density at radius 3 is 2.75 bits per heavy atom. The molecule has 0 radical (unpaired) electrons. The van der Waals surface area contributed by atoms with E-state index in [1.54, 1.807) is 0 Å². The highest BCUT2D eigenvalue weighted by Crippen LogP contribution is 2.36. The lowest BCUT2D eigenvalue weighted by molar-refractivity contribution is 0.494. The Hall–Kier alpha value is 0.400. The van der Waals surface area contributed by atoms with Crippen LogP contribution in [-0.4, -0.2) is 16.2 Å². The summed E-state index contributed by atoms with van der Waals surface area (Å²) in [5, 5.41) is 0. The number of rotatable bonds is 7. The molecule has 0 aromatic heterocycles. The fraction of sp³-hybridized carbons (Fsp3) is 0.929. The van der Waals surface area contributed by atoms with E-state index < -0.39 is 0 Å². The van der Waals surface area contributed by atoms with E-state index in [4.69, 9.17) is 4.99 Å². The molecule has 2 heteroatoms. The second-order valence-corrected chi connectivity index (χ2v) is 7.52. The molecule has 0 bridgehead atoms. The lowest BCUT2D eigenvalue weighted by atomic mass is 10.0. The molecule has 92 valence electrons. The van der Waals surface area contributed by atoms with Crippen molar-refractivity contribution in [1.29, 1.82) is 0 Å². The first-order valence-corrected chi connectivity index (χ1v) is 8.10. The van der Waals surface area contributed by atoms with Crippen molar-refractivity contribution in [3.05, 3.63) is 0 Å². The number of alkyl halides is 1. The Morgan fingerprint density at radius 1 is 1.38 bits per heavy atom. The van der Waals surface area contributed by atoms with Gasteiger partial charge in [0.05, 0.1) is 6.54 Å². The summed E-state index contributed by atoms with van der Waals surface area (Å²) in [5.74, 6) is 2.80. The molecule has 2 fully saturated rings. The van der Waals surface area contributed by atoms with Gasteiger partial charge in [0.1, 0.15) is 0 Å². The van der Waals surface area contributed by atoms with Gasteiger partial charge in [-0.25, -0.2) is 0 Å². The van der Waals surface area contributed by atoms with Gasteiger partial charge in [-0.15, -0.1) is 0 Å². The zero-order chi connectivity index (χ0) is 11.5. The molecule has 0 spiro atoms. The van der Waals surface area contributed by atoms with Crippen molar-refractivity contribution >= 4 is 28.3 Å². The molecule has 2 rings (SSSR count). The standard InChI is InChI=1S/C14H24IN/c1-3-10(2)6-12-8-14(12)16-9-13(15)7-11-4-5-11/h10-13H,3-9H2,1-2H3. The van der Waals surface area contributed by atoms with Gasteiger partial charge in [0.15, 0.2) is 0 Å². The summed E-state index contributed by atoms with van der Waals surface area (Å²) in [6.45, 7) is 5.74. The maximum absolute atomic E-state index is 4.79. The van der Waals surface area contributed by atoms with Crippen LogP contribution in [-0.2, 0) is 0 Å². The van der Waals surface area contributed by atoms with Crippen LogP contribution in [0.3, 0.4) is 0 Å². The van der Waals surface area contributed by atoms with Gasteiger partial charge in [0, 0.05) is 15.6 Å². The lowest BCUT2D eigenvalue weighted by Crippen LogP contribution is -2.04. The largest absolute Gasteiger partial charge is 0.293 e. The Labute approximate surface area is 114 Å². The fourth-order valence-electron chi connectivity index (χ4n) is 2.27. The first-order chi connectivity index (χ1) is 7.69. The van der Waals surface area contributed by atoms with E-state index >= 15 is 0 Å². The van der Waals surface area contributed by atoms with E-state index in [0.717, 1.165) is 28.2 Å². The van der Waals surface area contributed by atoms with Crippen LogP contribution >= 0.6 is 22.6 Å². The van der Waals surface area contributed by atoms with Crippen molar-refractivity contribution in [2.75, 3.05) is 6.54 Å². The molecule has 0 aliphatic heterocycles. The maximum atomic E-state index is 4.79. The molecular formula is C14H24IN. The van der Waals surface area contributed by atoms with Crippen LogP contribution in [0.2, 0.25) is 0 Å². The van der Waals surface area contributed by atoms with Crippen LogP contribution in [0.5, 0.6) is 0 Å².